The number of hydrogen-bond donors (Lipinski definition) is 0. The quantitative estimate of drug-likeness (QED) is 0.314. The van der Waals surface area contributed by atoms with E-state index in [9.17, 15) is 0 Å². The molecule has 0 bridgehead atoms. The Morgan fingerprint density at radius 2 is 1.57 bits per heavy atom. The number of hydrogen-bond acceptors (Lipinski definition) is 3. The van der Waals surface area contributed by atoms with Crippen LogP contribution in [0, 0.1) is 6.92 Å². The lowest BCUT2D eigenvalue weighted by molar-refractivity contribution is 0.401. The van der Waals surface area contributed by atoms with Crippen molar-refractivity contribution >= 4 is 34.8 Å². The van der Waals surface area contributed by atoms with Crippen molar-refractivity contribution in [3.8, 4) is 28.4 Å². The minimum absolute atomic E-state index is 0.128. The van der Waals surface area contributed by atoms with E-state index in [-0.39, 0.29) is 5.41 Å². The third-order valence-electron chi connectivity index (χ3n) is 4.89. The van der Waals surface area contributed by atoms with Gasteiger partial charge in [-0.25, -0.2) is 4.68 Å². The van der Waals surface area contributed by atoms with Crippen molar-refractivity contribution in [2.24, 2.45) is 0 Å². The molecule has 2 aromatic carbocycles. The molecule has 0 aliphatic heterocycles. The van der Waals surface area contributed by atoms with Gasteiger partial charge in [0.15, 0.2) is 5.76 Å². The van der Waals surface area contributed by atoms with Crippen LogP contribution < -0.4 is 0 Å². The molecule has 0 saturated heterocycles. The Labute approximate surface area is 190 Å². The summed E-state index contributed by atoms with van der Waals surface area (Å²) in [4.78, 5) is 0. The van der Waals surface area contributed by atoms with Gasteiger partial charge in [-0.2, -0.15) is 5.10 Å². The second kappa shape index (κ2) is 7.77. The van der Waals surface area contributed by atoms with Crippen molar-refractivity contribution in [1.29, 1.82) is 0 Å². The normalized spacial score (nSPS) is 11.8. The van der Waals surface area contributed by atoms with Crippen LogP contribution >= 0.6 is 34.8 Å². The molecule has 0 aliphatic rings. The molecule has 0 atom stereocenters. The highest BCUT2D eigenvalue weighted by Crippen LogP contribution is 2.37. The highest BCUT2D eigenvalue weighted by atomic mass is 35.5. The van der Waals surface area contributed by atoms with Crippen molar-refractivity contribution in [3.05, 3.63) is 74.9 Å². The molecule has 0 aliphatic carbocycles. The van der Waals surface area contributed by atoms with Gasteiger partial charge < -0.3 is 4.52 Å². The van der Waals surface area contributed by atoms with E-state index in [0.717, 1.165) is 28.2 Å². The Balaban J connectivity index is 1.95. The summed E-state index contributed by atoms with van der Waals surface area (Å²) in [6.45, 7) is 8.28. The fourth-order valence-corrected chi connectivity index (χ4v) is 3.86. The van der Waals surface area contributed by atoms with Gasteiger partial charge in [-0.05, 0) is 37.3 Å². The summed E-state index contributed by atoms with van der Waals surface area (Å²) in [7, 11) is 0. The van der Waals surface area contributed by atoms with E-state index in [1.807, 2.05) is 48.0 Å². The number of aromatic nitrogens is 3. The first-order valence-electron chi connectivity index (χ1n) is 9.43. The molecule has 4 aromatic rings. The average Bonchev–Trinajstić information content (AvgIpc) is 3.28. The Bertz CT molecular complexity index is 1220. The molecular formula is C23H20Cl3N3O. The maximum atomic E-state index is 6.52. The van der Waals surface area contributed by atoms with Gasteiger partial charge in [0.1, 0.15) is 5.69 Å². The molecule has 0 amide bonds. The van der Waals surface area contributed by atoms with Gasteiger partial charge in [0.05, 0.1) is 22.1 Å². The number of rotatable bonds is 3. The second-order valence-corrected chi connectivity index (χ2v) is 9.44. The first-order chi connectivity index (χ1) is 14.1. The first-order valence-corrected chi connectivity index (χ1v) is 10.6. The van der Waals surface area contributed by atoms with Gasteiger partial charge in [0.25, 0.3) is 0 Å². The van der Waals surface area contributed by atoms with E-state index < -0.39 is 0 Å². The van der Waals surface area contributed by atoms with Crippen LogP contribution in [-0.4, -0.2) is 14.9 Å². The minimum atomic E-state index is -0.128. The molecular weight excluding hydrogens is 441 g/mol. The monoisotopic (exact) mass is 459 g/mol. The summed E-state index contributed by atoms with van der Waals surface area (Å²) in [6, 6.07) is 14.9. The maximum Gasteiger partial charge on any atom is 0.187 e. The van der Waals surface area contributed by atoms with Crippen LogP contribution in [0.4, 0.5) is 0 Å². The Morgan fingerprint density at radius 3 is 2.17 bits per heavy atom. The summed E-state index contributed by atoms with van der Waals surface area (Å²) >= 11 is 18.7. The van der Waals surface area contributed by atoms with Crippen molar-refractivity contribution in [3.63, 3.8) is 0 Å². The van der Waals surface area contributed by atoms with Crippen molar-refractivity contribution in [1.82, 2.24) is 14.9 Å². The predicted octanol–water partition coefficient (Wildman–Crippen LogP) is 7.76. The van der Waals surface area contributed by atoms with E-state index in [4.69, 9.17) is 44.4 Å². The highest BCUT2D eigenvalue weighted by molar-refractivity contribution is 6.35. The molecule has 0 N–H and O–H groups in total. The van der Waals surface area contributed by atoms with Crippen molar-refractivity contribution in [2.75, 3.05) is 0 Å². The van der Waals surface area contributed by atoms with Crippen LogP contribution in [-0.2, 0) is 5.41 Å². The van der Waals surface area contributed by atoms with E-state index >= 15 is 0 Å². The molecule has 0 spiro atoms. The number of benzene rings is 2. The molecule has 2 heterocycles. The summed E-state index contributed by atoms with van der Waals surface area (Å²) < 4.78 is 7.48. The van der Waals surface area contributed by atoms with E-state index in [1.165, 1.54) is 0 Å². The second-order valence-electron chi connectivity index (χ2n) is 8.16. The van der Waals surface area contributed by atoms with Gasteiger partial charge in [0.2, 0.25) is 0 Å². The van der Waals surface area contributed by atoms with Crippen LogP contribution in [0.5, 0.6) is 0 Å². The molecule has 4 rings (SSSR count). The third-order valence-corrected chi connectivity index (χ3v) is 5.68. The summed E-state index contributed by atoms with van der Waals surface area (Å²) in [6.07, 6.45) is 0. The maximum absolute atomic E-state index is 6.52. The fraction of sp³-hybridized carbons (Fsp3) is 0.217. The molecule has 0 saturated carbocycles. The van der Waals surface area contributed by atoms with Crippen LogP contribution in [0.25, 0.3) is 28.4 Å². The highest BCUT2D eigenvalue weighted by Gasteiger charge is 2.25. The Kier molecular flexibility index (Phi) is 5.43. The SMILES string of the molecule is Cc1c(-c2cc(C(C)(C)C)no2)nn(-c2ccc(Cl)cc2Cl)c1-c1ccc(Cl)cc1. The van der Waals surface area contributed by atoms with Crippen LogP contribution in [0.15, 0.2) is 53.1 Å². The van der Waals surface area contributed by atoms with Crippen molar-refractivity contribution in [2.45, 2.75) is 33.1 Å². The summed E-state index contributed by atoms with van der Waals surface area (Å²) in [5.41, 5.74) is 4.95. The van der Waals surface area contributed by atoms with Gasteiger partial charge in [-0.3, -0.25) is 0 Å². The molecule has 0 radical (unpaired) electrons. The molecule has 4 nitrogen and oxygen atoms in total. The molecule has 30 heavy (non-hydrogen) atoms. The van der Waals surface area contributed by atoms with Crippen LogP contribution in [0.2, 0.25) is 15.1 Å². The van der Waals surface area contributed by atoms with Gasteiger partial charge in [-0.15, -0.1) is 0 Å². The fourth-order valence-electron chi connectivity index (χ4n) is 3.24. The van der Waals surface area contributed by atoms with Crippen LogP contribution in [0.3, 0.4) is 0 Å². The number of nitrogens with zero attached hydrogens (tertiary/aromatic N) is 3. The van der Waals surface area contributed by atoms with Crippen LogP contribution in [0.1, 0.15) is 32.0 Å². The minimum Gasteiger partial charge on any atom is -0.354 e. The largest absolute Gasteiger partial charge is 0.354 e. The molecule has 7 heteroatoms. The molecule has 0 fully saturated rings. The van der Waals surface area contributed by atoms with E-state index in [2.05, 4.69) is 25.9 Å². The lowest BCUT2D eigenvalue weighted by atomic mass is 9.92. The molecule has 154 valence electrons. The lowest BCUT2D eigenvalue weighted by Crippen LogP contribution is -2.10. The smallest absolute Gasteiger partial charge is 0.187 e. The molecule has 2 aromatic heterocycles. The van der Waals surface area contributed by atoms with Gasteiger partial charge >= 0.3 is 0 Å². The van der Waals surface area contributed by atoms with E-state index in [1.54, 1.807) is 12.1 Å². The van der Waals surface area contributed by atoms with E-state index in [0.29, 0.717) is 26.5 Å². The zero-order chi connectivity index (χ0) is 21.6. The first kappa shape index (κ1) is 21.0. The number of halogens is 3. The van der Waals surface area contributed by atoms with Gasteiger partial charge in [0, 0.05) is 32.7 Å². The standard InChI is InChI=1S/C23H20Cl3N3O/c1-13-21(19-12-20(28-30-19)23(2,3)4)27-29(18-10-9-16(25)11-17(18)26)22(13)14-5-7-15(24)8-6-14/h5-12H,1-4H3. The topological polar surface area (TPSA) is 43.9 Å². The molecule has 0 unspecified atom stereocenters. The zero-order valence-electron chi connectivity index (χ0n) is 17.0. The van der Waals surface area contributed by atoms with Gasteiger partial charge in [-0.1, -0.05) is 72.9 Å². The lowest BCUT2D eigenvalue weighted by Gasteiger charge is -2.12. The summed E-state index contributed by atoms with van der Waals surface area (Å²) in [5.74, 6) is 0.608. The zero-order valence-corrected chi connectivity index (χ0v) is 19.3. The average molecular weight is 461 g/mol. The Hall–Kier alpha value is -2.27. The Morgan fingerprint density at radius 1 is 0.900 bits per heavy atom. The van der Waals surface area contributed by atoms with Crippen molar-refractivity contribution < 1.29 is 4.52 Å². The predicted molar refractivity (Wildman–Crippen MR) is 123 cm³/mol. The third kappa shape index (κ3) is 3.87. The summed E-state index contributed by atoms with van der Waals surface area (Å²) in [5, 5.41) is 10.8.